The maximum absolute atomic E-state index is 13.6. The molecule has 3 rings (SSSR count). The number of benzene rings is 1. The smallest absolute Gasteiger partial charge is 0.437 e. The van der Waals surface area contributed by atoms with Gasteiger partial charge in [-0.1, -0.05) is 6.92 Å². The molecule has 0 aliphatic carbocycles. The van der Waals surface area contributed by atoms with Crippen LogP contribution in [0, 0.1) is 11.3 Å². The first-order chi connectivity index (χ1) is 15.5. The van der Waals surface area contributed by atoms with E-state index in [1.54, 1.807) is 27.1 Å². The van der Waals surface area contributed by atoms with E-state index in [1.807, 2.05) is 6.07 Å². The summed E-state index contributed by atoms with van der Waals surface area (Å²) in [6.07, 6.45) is -3.72. The largest absolute Gasteiger partial charge is 0.449 e. The Morgan fingerprint density at radius 3 is 2.55 bits per heavy atom. The van der Waals surface area contributed by atoms with E-state index < -0.39 is 28.7 Å². The summed E-state index contributed by atoms with van der Waals surface area (Å²) in [5.41, 5.74) is -1.76. The lowest BCUT2D eigenvalue weighted by Crippen LogP contribution is -2.28. The average Bonchev–Trinajstić information content (AvgIpc) is 2.76. The van der Waals surface area contributed by atoms with Crippen molar-refractivity contribution in [3.05, 3.63) is 73.8 Å². The Balaban J connectivity index is 2.10. The minimum Gasteiger partial charge on any atom is -0.449 e. The monoisotopic (exact) mass is 460 g/mol. The molecule has 9 nitrogen and oxygen atoms in total. The Morgan fingerprint density at radius 2 is 1.94 bits per heavy atom. The van der Waals surface area contributed by atoms with Gasteiger partial charge in [-0.05, 0) is 36.2 Å². The number of H-pyrrole nitrogens is 1. The number of anilines is 1. The molecular formula is C21H19F3N6O3. The molecule has 3 aromatic rings. The number of aromatic nitrogens is 4. The van der Waals surface area contributed by atoms with E-state index >= 15 is 0 Å². The molecule has 2 heterocycles. The van der Waals surface area contributed by atoms with Crippen LogP contribution in [0.15, 0.2) is 40.2 Å². The lowest BCUT2D eigenvalue weighted by atomic mass is 10.1. The number of alkyl halides is 3. The quantitative estimate of drug-likeness (QED) is 0.601. The SMILES string of the molecule is CCc1cc(C#N)cc(Oc2c(C(F)(F)F)ncn(Cc3cc(N(C)C)c(=O)[nH]n3)c2=O)c1. The van der Waals surface area contributed by atoms with Crippen molar-refractivity contribution >= 4 is 5.69 Å². The highest BCUT2D eigenvalue weighted by atomic mass is 19.4. The first-order valence-corrected chi connectivity index (χ1v) is 9.68. The topological polar surface area (TPSA) is 117 Å². The fraction of sp³-hybridized carbons (Fsp3) is 0.286. The summed E-state index contributed by atoms with van der Waals surface area (Å²) in [6.45, 7) is 1.54. The fourth-order valence-electron chi connectivity index (χ4n) is 3.01. The first-order valence-electron chi connectivity index (χ1n) is 9.68. The Morgan fingerprint density at radius 1 is 1.21 bits per heavy atom. The zero-order valence-corrected chi connectivity index (χ0v) is 17.9. The number of rotatable bonds is 6. The molecule has 0 amide bonds. The van der Waals surface area contributed by atoms with Gasteiger partial charge in [-0.2, -0.15) is 23.5 Å². The van der Waals surface area contributed by atoms with Gasteiger partial charge < -0.3 is 9.64 Å². The number of nitrogens with one attached hydrogen (secondary N) is 1. The Bertz CT molecular complexity index is 1340. The summed E-state index contributed by atoms with van der Waals surface area (Å²) in [7, 11) is 3.26. The van der Waals surface area contributed by atoms with Crippen LogP contribution in [0.1, 0.15) is 29.4 Å². The van der Waals surface area contributed by atoms with Crippen molar-refractivity contribution < 1.29 is 17.9 Å². The number of aromatic amines is 1. The van der Waals surface area contributed by atoms with Crippen molar-refractivity contribution in [1.82, 2.24) is 19.7 Å². The zero-order valence-electron chi connectivity index (χ0n) is 17.9. The van der Waals surface area contributed by atoms with Gasteiger partial charge in [0.1, 0.15) is 11.4 Å². The zero-order chi connectivity index (χ0) is 24.3. The van der Waals surface area contributed by atoms with Crippen molar-refractivity contribution in [2.45, 2.75) is 26.1 Å². The third kappa shape index (κ3) is 5.20. The number of nitrogens with zero attached hydrogens (tertiary/aromatic N) is 5. The number of hydrogen-bond acceptors (Lipinski definition) is 7. The number of aryl methyl sites for hydroxylation is 1. The highest BCUT2D eigenvalue weighted by molar-refractivity contribution is 5.44. The normalized spacial score (nSPS) is 11.2. The molecule has 0 aliphatic heterocycles. The molecule has 0 fully saturated rings. The Kier molecular flexibility index (Phi) is 6.52. The predicted molar refractivity (Wildman–Crippen MR) is 112 cm³/mol. The molecule has 0 spiro atoms. The van der Waals surface area contributed by atoms with Gasteiger partial charge in [0.15, 0.2) is 5.69 Å². The van der Waals surface area contributed by atoms with E-state index in [0.717, 1.165) is 10.9 Å². The van der Waals surface area contributed by atoms with Gasteiger partial charge in [0.2, 0.25) is 5.75 Å². The van der Waals surface area contributed by atoms with Crippen molar-refractivity contribution in [2.24, 2.45) is 0 Å². The second-order valence-electron chi connectivity index (χ2n) is 7.25. The standard InChI is InChI=1S/C21H19F3N6O3/c1-4-12-5-13(9-25)7-15(6-12)33-17-18(21(22,23)24)26-11-30(20(17)32)10-14-8-16(29(2)3)19(31)28-27-14/h5-8,11H,4,10H2,1-3H3,(H,28,31). The summed E-state index contributed by atoms with van der Waals surface area (Å²) in [4.78, 5) is 29.7. The molecule has 12 heteroatoms. The maximum Gasteiger partial charge on any atom is 0.437 e. The summed E-state index contributed by atoms with van der Waals surface area (Å²) >= 11 is 0. The van der Waals surface area contributed by atoms with Crippen molar-refractivity contribution in [2.75, 3.05) is 19.0 Å². The van der Waals surface area contributed by atoms with Crippen LogP contribution in [0.4, 0.5) is 18.9 Å². The maximum atomic E-state index is 13.6. The summed E-state index contributed by atoms with van der Waals surface area (Å²) in [6, 6.07) is 7.58. The molecule has 33 heavy (non-hydrogen) atoms. The van der Waals surface area contributed by atoms with Gasteiger partial charge in [0, 0.05) is 14.1 Å². The number of nitriles is 1. The van der Waals surface area contributed by atoms with E-state index in [-0.39, 0.29) is 29.2 Å². The van der Waals surface area contributed by atoms with Crippen molar-refractivity contribution in [3.63, 3.8) is 0 Å². The minimum absolute atomic E-state index is 0.0925. The first kappa shape index (κ1) is 23.5. The highest BCUT2D eigenvalue weighted by Crippen LogP contribution is 2.34. The molecule has 0 saturated heterocycles. The van der Waals surface area contributed by atoms with Gasteiger partial charge in [0.25, 0.3) is 11.1 Å². The van der Waals surface area contributed by atoms with Gasteiger partial charge in [0.05, 0.1) is 30.2 Å². The molecule has 0 unspecified atom stereocenters. The molecule has 0 radical (unpaired) electrons. The molecular weight excluding hydrogens is 441 g/mol. The molecule has 0 bridgehead atoms. The van der Waals surface area contributed by atoms with Crippen LogP contribution in [0.5, 0.6) is 11.5 Å². The lowest BCUT2D eigenvalue weighted by Gasteiger charge is -2.15. The van der Waals surface area contributed by atoms with Gasteiger partial charge in [-0.25, -0.2) is 10.1 Å². The number of ether oxygens (including phenoxy) is 1. The molecule has 1 N–H and O–H groups in total. The van der Waals surface area contributed by atoms with Crippen LogP contribution in [0.3, 0.4) is 0 Å². The van der Waals surface area contributed by atoms with Crippen molar-refractivity contribution in [3.8, 4) is 17.6 Å². The third-order valence-electron chi connectivity index (χ3n) is 4.64. The van der Waals surface area contributed by atoms with E-state index in [4.69, 9.17) is 4.74 Å². The number of hydrogen-bond donors (Lipinski definition) is 1. The highest BCUT2D eigenvalue weighted by Gasteiger charge is 2.38. The van der Waals surface area contributed by atoms with Gasteiger partial charge in [-0.15, -0.1) is 0 Å². The molecule has 1 aromatic carbocycles. The molecule has 172 valence electrons. The van der Waals surface area contributed by atoms with Crippen LogP contribution in [0.25, 0.3) is 0 Å². The fourth-order valence-corrected chi connectivity index (χ4v) is 3.01. The predicted octanol–water partition coefficient (Wildman–Crippen LogP) is 2.69. The van der Waals surface area contributed by atoms with Crippen LogP contribution >= 0.6 is 0 Å². The minimum atomic E-state index is -4.96. The Hall–Kier alpha value is -4.14. The number of halogens is 3. The molecule has 0 saturated carbocycles. The van der Waals surface area contributed by atoms with Crippen LogP contribution < -0.4 is 20.8 Å². The second kappa shape index (κ2) is 9.15. The van der Waals surface area contributed by atoms with E-state index in [1.165, 1.54) is 23.1 Å². The van der Waals surface area contributed by atoms with E-state index in [9.17, 15) is 28.0 Å². The van der Waals surface area contributed by atoms with E-state index in [0.29, 0.717) is 12.0 Å². The average molecular weight is 460 g/mol. The molecule has 0 atom stereocenters. The molecule has 2 aromatic heterocycles. The summed E-state index contributed by atoms with van der Waals surface area (Å²) in [5, 5.41) is 15.3. The lowest BCUT2D eigenvalue weighted by molar-refractivity contribution is -0.142. The van der Waals surface area contributed by atoms with Crippen LogP contribution in [-0.4, -0.2) is 33.8 Å². The van der Waals surface area contributed by atoms with E-state index in [2.05, 4.69) is 15.2 Å². The van der Waals surface area contributed by atoms with Gasteiger partial charge in [-0.3, -0.25) is 14.2 Å². The van der Waals surface area contributed by atoms with Crippen LogP contribution in [-0.2, 0) is 19.1 Å². The van der Waals surface area contributed by atoms with Crippen LogP contribution in [0.2, 0.25) is 0 Å². The second-order valence-corrected chi connectivity index (χ2v) is 7.25. The van der Waals surface area contributed by atoms with Crippen molar-refractivity contribution in [1.29, 1.82) is 5.26 Å². The third-order valence-corrected chi connectivity index (χ3v) is 4.64. The van der Waals surface area contributed by atoms with Gasteiger partial charge >= 0.3 is 6.18 Å². The molecule has 0 aliphatic rings. The summed E-state index contributed by atoms with van der Waals surface area (Å²) in [5.74, 6) is -1.12. The Labute approximate surface area is 185 Å². The summed E-state index contributed by atoms with van der Waals surface area (Å²) < 4.78 is 46.9.